The molecule has 0 heterocycles. The average molecular weight is 405 g/mol. The van der Waals surface area contributed by atoms with Gasteiger partial charge in [0.15, 0.2) is 0 Å². The summed E-state index contributed by atoms with van der Waals surface area (Å²) < 4.78 is 0. The minimum Gasteiger partial charge on any atom is -0.481 e. The number of carboxylic acids is 2. The molecular weight excluding hydrogens is 384 g/mol. The van der Waals surface area contributed by atoms with Crippen LogP contribution >= 0.6 is 11.6 Å². The number of carbonyl (C=O) groups is 3. The summed E-state index contributed by atoms with van der Waals surface area (Å²) in [4.78, 5) is 33.5. The number of benzene rings is 2. The van der Waals surface area contributed by atoms with E-state index in [2.05, 4.69) is 10.6 Å². The SMILES string of the molecule is O=C(O)CNCC(=O)N[C@@H](CC(=O)O)Cc1ccc(-c2cccc(Cl)c2)cc1. The molecule has 0 aliphatic carbocycles. The van der Waals surface area contributed by atoms with Gasteiger partial charge >= 0.3 is 11.9 Å². The Bertz CT molecular complexity index is 839. The predicted octanol–water partition coefficient (Wildman–Crippen LogP) is 2.18. The molecule has 2 aromatic rings. The van der Waals surface area contributed by atoms with Gasteiger partial charge in [0.2, 0.25) is 5.91 Å². The molecule has 2 rings (SSSR count). The zero-order valence-corrected chi connectivity index (χ0v) is 15.8. The molecule has 0 aliphatic heterocycles. The second-order valence-electron chi connectivity index (χ2n) is 6.27. The van der Waals surface area contributed by atoms with Crippen LogP contribution in [0.3, 0.4) is 0 Å². The summed E-state index contributed by atoms with van der Waals surface area (Å²) in [5.74, 6) is -2.56. The van der Waals surface area contributed by atoms with Gasteiger partial charge in [-0.3, -0.25) is 19.7 Å². The van der Waals surface area contributed by atoms with Crippen molar-refractivity contribution in [3.8, 4) is 11.1 Å². The van der Waals surface area contributed by atoms with E-state index in [-0.39, 0.29) is 19.5 Å². The molecule has 0 saturated carbocycles. The lowest BCUT2D eigenvalue weighted by Crippen LogP contribution is -2.43. The Balaban J connectivity index is 2.00. The number of rotatable bonds is 10. The van der Waals surface area contributed by atoms with E-state index in [1.807, 2.05) is 42.5 Å². The van der Waals surface area contributed by atoms with Crippen molar-refractivity contribution in [1.82, 2.24) is 10.6 Å². The van der Waals surface area contributed by atoms with Crippen LogP contribution in [0.2, 0.25) is 5.02 Å². The molecule has 0 aliphatic rings. The van der Waals surface area contributed by atoms with Crippen LogP contribution in [0.5, 0.6) is 0 Å². The van der Waals surface area contributed by atoms with E-state index in [4.69, 9.17) is 21.8 Å². The first kappa shape index (κ1) is 21.4. The van der Waals surface area contributed by atoms with Crippen molar-refractivity contribution in [2.75, 3.05) is 13.1 Å². The lowest BCUT2D eigenvalue weighted by molar-refractivity contribution is -0.138. The highest BCUT2D eigenvalue weighted by molar-refractivity contribution is 6.30. The van der Waals surface area contributed by atoms with Crippen molar-refractivity contribution in [3.05, 3.63) is 59.1 Å². The Labute approximate surface area is 167 Å². The number of hydrogen-bond donors (Lipinski definition) is 4. The smallest absolute Gasteiger partial charge is 0.317 e. The van der Waals surface area contributed by atoms with Gasteiger partial charge in [-0.05, 0) is 35.2 Å². The lowest BCUT2D eigenvalue weighted by Gasteiger charge is -2.17. The summed E-state index contributed by atoms with van der Waals surface area (Å²) in [5, 5.41) is 23.4. The average Bonchev–Trinajstić information content (AvgIpc) is 2.61. The highest BCUT2D eigenvalue weighted by Gasteiger charge is 2.17. The highest BCUT2D eigenvalue weighted by atomic mass is 35.5. The molecule has 0 bridgehead atoms. The minimum atomic E-state index is -1.07. The Morgan fingerprint density at radius 1 is 0.929 bits per heavy atom. The molecule has 0 radical (unpaired) electrons. The second-order valence-corrected chi connectivity index (χ2v) is 6.71. The summed E-state index contributed by atoms with van der Waals surface area (Å²) in [6.45, 7) is -0.544. The third-order valence-electron chi connectivity index (χ3n) is 3.94. The van der Waals surface area contributed by atoms with Crippen LogP contribution < -0.4 is 10.6 Å². The molecule has 148 valence electrons. The van der Waals surface area contributed by atoms with Crippen molar-refractivity contribution in [3.63, 3.8) is 0 Å². The van der Waals surface area contributed by atoms with Crippen LogP contribution in [-0.4, -0.2) is 47.2 Å². The van der Waals surface area contributed by atoms with Gasteiger partial charge in [-0.25, -0.2) is 0 Å². The molecule has 2 aromatic carbocycles. The molecular formula is C20H21ClN2O5. The maximum atomic E-state index is 11.9. The van der Waals surface area contributed by atoms with E-state index in [1.54, 1.807) is 6.07 Å². The van der Waals surface area contributed by atoms with Gasteiger partial charge in [0.05, 0.1) is 19.5 Å². The molecule has 0 aromatic heterocycles. The molecule has 28 heavy (non-hydrogen) atoms. The van der Waals surface area contributed by atoms with Crippen LogP contribution in [0.4, 0.5) is 0 Å². The first-order valence-corrected chi connectivity index (χ1v) is 9.00. The molecule has 7 nitrogen and oxygen atoms in total. The fraction of sp³-hybridized carbons (Fsp3) is 0.250. The summed E-state index contributed by atoms with van der Waals surface area (Å²) >= 11 is 6.01. The third-order valence-corrected chi connectivity index (χ3v) is 4.18. The van der Waals surface area contributed by atoms with Crippen LogP contribution in [0, 0.1) is 0 Å². The minimum absolute atomic E-state index is 0.198. The fourth-order valence-corrected chi connectivity index (χ4v) is 2.92. The Kier molecular flexibility index (Phi) is 7.98. The van der Waals surface area contributed by atoms with Gasteiger partial charge in [0.25, 0.3) is 0 Å². The summed E-state index contributed by atoms with van der Waals surface area (Å²) in [6, 6.07) is 14.4. The van der Waals surface area contributed by atoms with Crippen LogP contribution in [0.15, 0.2) is 48.5 Å². The van der Waals surface area contributed by atoms with Crippen molar-refractivity contribution in [2.45, 2.75) is 18.9 Å². The van der Waals surface area contributed by atoms with Gasteiger partial charge in [-0.15, -0.1) is 0 Å². The molecule has 1 atom stereocenters. The zero-order chi connectivity index (χ0) is 20.5. The predicted molar refractivity (Wildman–Crippen MR) is 105 cm³/mol. The number of carboxylic acid groups (broad SMARTS) is 2. The monoisotopic (exact) mass is 404 g/mol. The molecule has 0 unspecified atom stereocenters. The largest absolute Gasteiger partial charge is 0.481 e. The molecule has 4 N–H and O–H groups in total. The van der Waals surface area contributed by atoms with Crippen molar-refractivity contribution in [1.29, 1.82) is 0 Å². The molecule has 0 spiro atoms. The number of aliphatic carboxylic acids is 2. The van der Waals surface area contributed by atoms with Gasteiger partial charge in [-0.1, -0.05) is 48.0 Å². The maximum absolute atomic E-state index is 11.9. The Hall–Kier alpha value is -2.90. The van der Waals surface area contributed by atoms with E-state index >= 15 is 0 Å². The van der Waals surface area contributed by atoms with E-state index in [1.165, 1.54) is 0 Å². The van der Waals surface area contributed by atoms with Crippen LogP contribution in [0.25, 0.3) is 11.1 Å². The first-order valence-electron chi connectivity index (χ1n) is 8.62. The number of halogens is 1. The number of nitrogens with one attached hydrogen (secondary N) is 2. The van der Waals surface area contributed by atoms with Crippen molar-refractivity contribution < 1.29 is 24.6 Å². The number of hydrogen-bond acceptors (Lipinski definition) is 4. The molecule has 8 heteroatoms. The topological polar surface area (TPSA) is 116 Å². The standard InChI is InChI=1S/C20H21ClN2O5/c21-16-3-1-2-15(9-16)14-6-4-13(5-7-14)8-17(10-19(25)26)23-18(24)11-22-12-20(27)28/h1-7,9,17,22H,8,10-12H2,(H,23,24)(H,25,26)(H,27,28)/t17-/m1/s1. The quantitative estimate of drug-likeness (QED) is 0.482. The maximum Gasteiger partial charge on any atom is 0.317 e. The van der Waals surface area contributed by atoms with Gasteiger partial charge < -0.3 is 15.5 Å². The van der Waals surface area contributed by atoms with E-state index < -0.39 is 23.9 Å². The third kappa shape index (κ3) is 7.38. The van der Waals surface area contributed by atoms with Crippen LogP contribution in [-0.2, 0) is 20.8 Å². The van der Waals surface area contributed by atoms with E-state index in [9.17, 15) is 14.4 Å². The normalized spacial score (nSPS) is 11.6. The molecule has 0 fully saturated rings. The summed E-state index contributed by atoms with van der Waals surface area (Å²) in [7, 11) is 0. The van der Waals surface area contributed by atoms with Gasteiger partial charge in [0.1, 0.15) is 0 Å². The lowest BCUT2D eigenvalue weighted by atomic mass is 9.99. The Morgan fingerprint density at radius 3 is 2.25 bits per heavy atom. The van der Waals surface area contributed by atoms with Crippen LogP contribution in [0.1, 0.15) is 12.0 Å². The summed E-state index contributed by atoms with van der Waals surface area (Å²) in [5.41, 5.74) is 2.82. The highest BCUT2D eigenvalue weighted by Crippen LogP contribution is 2.23. The number of amides is 1. The Morgan fingerprint density at radius 2 is 1.64 bits per heavy atom. The molecule has 1 amide bonds. The summed E-state index contributed by atoms with van der Waals surface area (Å²) in [6.07, 6.45) is 0.105. The molecule has 0 saturated heterocycles. The van der Waals surface area contributed by atoms with E-state index in [0.29, 0.717) is 11.4 Å². The van der Waals surface area contributed by atoms with E-state index in [0.717, 1.165) is 16.7 Å². The first-order chi connectivity index (χ1) is 13.3. The van der Waals surface area contributed by atoms with Gasteiger partial charge in [-0.2, -0.15) is 0 Å². The second kappa shape index (κ2) is 10.4. The van der Waals surface area contributed by atoms with Crippen molar-refractivity contribution in [2.24, 2.45) is 0 Å². The number of carbonyl (C=O) groups excluding carboxylic acids is 1. The van der Waals surface area contributed by atoms with Gasteiger partial charge in [0, 0.05) is 11.1 Å². The fourth-order valence-electron chi connectivity index (χ4n) is 2.73. The zero-order valence-electron chi connectivity index (χ0n) is 15.0. The van der Waals surface area contributed by atoms with Crippen molar-refractivity contribution >= 4 is 29.4 Å².